The third-order valence-electron chi connectivity index (χ3n) is 7.05. The van der Waals surface area contributed by atoms with E-state index in [1.807, 2.05) is 6.92 Å². The highest BCUT2D eigenvalue weighted by molar-refractivity contribution is 7.86. The van der Waals surface area contributed by atoms with Crippen molar-refractivity contribution in [2.75, 3.05) is 0 Å². The van der Waals surface area contributed by atoms with Gasteiger partial charge in [0.1, 0.15) is 5.60 Å². The van der Waals surface area contributed by atoms with Crippen molar-refractivity contribution < 1.29 is 40.8 Å². The Bertz CT molecular complexity index is 761. The van der Waals surface area contributed by atoms with Gasteiger partial charge < -0.3 is 9.47 Å². The van der Waals surface area contributed by atoms with E-state index < -0.39 is 50.9 Å². The van der Waals surface area contributed by atoms with Crippen LogP contribution in [0.5, 0.6) is 0 Å². The highest BCUT2D eigenvalue weighted by Gasteiger charge is 2.58. The van der Waals surface area contributed by atoms with Crippen molar-refractivity contribution in [2.24, 2.45) is 23.7 Å². The topological polar surface area (TPSA) is 107 Å². The Morgan fingerprint density at radius 3 is 2.14 bits per heavy atom. The van der Waals surface area contributed by atoms with E-state index in [1.165, 1.54) is 0 Å². The smallest absolute Gasteiger partial charge is 0.405 e. The maximum atomic E-state index is 13.8. The number of hydrogen-bond acceptors (Lipinski definition) is 6. The third kappa shape index (κ3) is 4.02. The molecule has 0 saturated heterocycles. The molecule has 0 aromatic rings. The fourth-order valence-corrected chi connectivity index (χ4v) is 5.80. The highest BCUT2D eigenvalue weighted by Crippen LogP contribution is 2.54. The predicted octanol–water partition coefficient (Wildman–Crippen LogP) is 3.33. The van der Waals surface area contributed by atoms with Crippen molar-refractivity contribution in [3.8, 4) is 0 Å². The summed E-state index contributed by atoms with van der Waals surface area (Å²) in [4.78, 5) is 25.7. The Morgan fingerprint density at radius 2 is 1.66 bits per heavy atom. The van der Waals surface area contributed by atoms with Gasteiger partial charge in [0.2, 0.25) is 0 Å². The van der Waals surface area contributed by atoms with E-state index in [4.69, 9.17) is 14.0 Å². The second-order valence-corrected chi connectivity index (χ2v) is 10.2. The Balaban J connectivity index is 1.75. The normalized spacial score (nSPS) is 32.2. The first-order chi connectivity index (χ1) is 13.4. The van der Waals surface area contributed by atoms with Crippen molar-refractivity contribution in [3.63, 3.8) is 0 Å². The quantitative estimate of drug-likeness (QED) is 0.480. The zero-order chi connectivity index (χ0) is 21.6. The Morgan fingerprint density at radius 1 is 1.14 bits per heavy atom. The summed E-state index contributed by atoms with van der Waals surface area (Å²) in [6, 6.07) is 0. The molecule has 7 nitrogen and oxygen atoms in total. The van der Waals surface area contributed by atoms with Gasteiger partial charge in [0.05, 0.1) is 11.8 Å². The molecule has 0 aromatic carbocycles. The minimum absolute atomic E-state index is 0.0715. The van der Waals surface area contributed by atoms with Crippen LogP contribution in [-0.4, -0.2) is 41.9 Å². The Labute approximate surface area is 169 Å². The minimum Gasteiger partial charge on any atom is -0.459 e. The summed E-state index contributed by atoms with van der Waals surface area (Å²) in [5.41, 5.74) is -0.529. The number of hydrogen-bond donors (Lipinski definition) is 1. The number of ether oxygens (including phenoxy) is 2. The SMILES string of the molecule is CCC1(OC(=O)C2C3CCC(C3)C2C(=O)OC(C)C(F)(F)S(=O)(=O)O)CCCC1. The number of carbonyl (C=O) groups excluding carboxylic acids is 2. The fraction of sp³-hybridized carbons (Fsp3) is 0.895. The second kappa shape index (κ2) is 7.76. The molecule has 3 fully saturated rings. The first kappa shape index (κ1) is 22.4. The zero-order valence-corrected chi connectivity index (χ0v) is 17.4. The van der Waals surface area contributed by atoms with Crippen LogP contribution in [0.2, 0.25) is 0 Å². The summed E-state index contributed by atoms with van der Waals surface area (Å²) in [6.45, 7) is 2.65. The van der Waals surface area contributed by atoms with Crippen LogP contribution >= 0.6 is 0 Å². The van der Waals surface area contributed by atoms with Gasteiger partial charge >= 0.3 is 27.3 Å². The molecule has 2 bridgehead atoms. The molecule has 3 rings (SSSR count). The summed E-state index contributed by atoms with van der Waals surface area (Å²) in [7, 11) is -5.74. The molecule has 3 aliphatic carbocycles. The van der Waals surface area contributed by atoms with Gasteiger partial charge in [-0.25, -0.2) is 0 Å². The maximum Gasteiger partial charge on any atom is 0.405 e. The van der Waals surface area contributed by atoms with Crippen molar-refractivity contribution in [2.45, 2.75) is 82.2 Å². The van der Waals surface area contributed by atoms with E-state index in [2.05, 4.69) is 0 Å². The van der Waals surface area contributed by atoms with Gasteiger partial charge in [0.25, 0.3) is 0 Å². The summed E-state index contributed by atoms with van der Waals surface area (Å²) >= 11 is 0. The van der Waals surface area contributed by atoms with Gasteiger partial charge in [-0.05, 0) is 70.1 Å². The lowest BCUT2D eigenvalue weighted by Gasteiger charge is -2.34. The summed E-state index contributed by atoms with van der Waals surface area (Å²) in [5.74, 6) is -3.48. The number of fused-ring (bicyclic) bond motifs is 2. The zero-order valence-electron chi connectivity index (χ0n) is 16.6. The van der Waals surface area contributed by atoms with E-state index >= 15 is 0 Å². The predicted molar refractivity (Wildman–Crippen MR) is 97.4 cm³/mol. The van der Waals surface area contributed by atoms with Crippen molar-refractivity contribution in [1.29, 1.82) is 0 Å². The first-order valence-electron chi connectivity index (χ1n) is 10.2. The molecule has 3 saturated carbocycles. The lowest BCUT2D eigenvalue weighted by atomic mass is 9.79. The average Bonchev–Trinajstić information content (AvgIpc) is 3.36. The van der Waals surface area contributed by atoms with Crippen LogP contribution < -0.4 is 0 Å². The van der Waals surface area contributed by atoms with Gasteiger partial charge in [-0.15, -0.1) is 0 Å². The average molecular weight is 438 g/mol. The monoisotopic (exact) mass is 438 g/mol. The van der Waals surface area contributed by atoms with E-state index in [-0.39, 0.29) is 11.8 Å². The molecular weight excluding hydrogens is 410 g/mol. The maximum absolute atomic E-state index is 13.8. The lowest BCUT2D eigenvalue weighted by molar-refractivity contribution is -0.180. The molecule has 5 unspecified atom stereocenters. The van der Waals surface area contributed by atoms with Gasteiger partial charge in [0.15, 0.2) is 6.10 Å². The molecule has 29 heavy (non-hydrogen) atoms. The van der Waals surface area contributed by atoms with Gasteiger partial charge in [-0.1, -0.05) is 6.92 Å². The number of alkyl halides is 2. The van der Waals surface area contributed by atoms with Gasteiger partial charge in [-0.3, -0.25) is 14.1 Å². The van der Waals surface area contributed by atoms with E-state index in [1.54, 1.807) is 0 Å². The highest BCUT2D eigenvalue weighted by atomic mass is 32.2. The molecule has 166 valence electrons. The van der Waals surface area contributed by atoms with Crippen molar-refractivity contribution >= 4 is 22.1 Å². The Kier molecular flexibility index (Phi) is 5.99. The number of esters is 2. The fourth-order valence-electron chi connectivity index (χ4n) is 5.33. The second-order valence-electron chi connectivity index (χ2n) is 8.67. The van der Waals surface area contributed by atoms with Crippen LogP contribution in [-0.2, 0) is 29.2 Å². The summed E-state index contributed by atoms with van der Waals surface area (Å²) in [5, 5.41) is -4.63. The van der Waals surface area contributed by atoms with Crippen LogP contribution in [0.4, 0.5) is 8.78 Å². The van der Waals surface area contributed by atoms with E-state index in [0.717, 1.165) is 32.1 Å². The number of halogens is 2. The van der Waals surface area contributed by atoms with Crippen LogP contribution in [0.25, 0.3) is 0 Å². The van der Waals surface area contributed by atoms with Crippen LogP contribution in [0.1, 0.15) is 65.2 Å². The minimum atomic E-state index is -5.74. The van der Waals surface area contributed by atoms with Gasteiger partial charge in [0, 0.05) is 0 Å². The van der Waals surface area contributed by atoms with Crippen LogP contribution in [0, 0.1) is 23.7 Å². The van der Waals surface area contributed by atoms with Crippen molar-refractivity contribution in [1.82, 2.24) is 0 Å². The number of carbonyl (C=O) groups is 2. The summed E-state index contributed by atoms with van der Waals surface area (Å²) in [6.07, 6.45) is 3.80. The first-order valence-corrected chi connectivity index (χ1v) is 11.6. The molecule has 0 spiro atoms. The molecule has 0 heterocycles. The van der Waals surface area contributed by atoms with E-state index in [9.17, 15) is 26.8 Å². The van der Waals surface area contributed by atoms with Crippen LogP contribution in [0.3, 0.4) is 0 Å². The molecular formula is C19H28F2O7S. The molecule has 0 aromatic heterocycles. The lowest BCUT2D eigenvalue weighted by Crippen LogP contribution is -2.45. The standard InChI is InChI=1S/C19H28F2O7S/c1-3-18(8-4-5-9-18)28-17(23)15-13-7-6-12(10-13)14(15)16(22)27-11(2)19(20,21)29(24,25)26/h11-15H,3-10H2,1-2H3,(H,24,25,26). The largest absolute Gasteiger partial charge is 0.459 e. The molecule has 1 N–H and O–H groups in total. The molecule has 0 radical (unpaired) electrons. The third-order valence-corrected chi connectivity index (χ3v) is 8.07. The molecule has 0 aliphatic heterocycles. The summed E-state index contributed by atoms with van der Waals surface area (Å²) < 4.78 is 68.7. The Hall–Kier alpha value is -1.29. The van der Waals surface area contributed by atoms with Gasteiger partial charge in [-0.2, -0.15) is 17.2 Å². The molecule has 3 aliphatic rings. The molecule has 10 heteroatoms. The molecule has 0 amide bonds. The van der Waals surface area contributed by atoms with Crippen LogP contribution in [0.15, 0.2) is 0 Å². The van der Waals surface area contributed by atoms with Crippen molar-refractivity contribution in [3.05, 3.63) is 0 Å². The molecule has 5 atom stereocenters. The van der Waals surface area contributed by atoms with E-state index in [0.29, 0.717) is 26.2 Å². The number of rotatable bonds is 7.